The molecule has 2 atom stereocenters. The van der Waals surface area contributed by atoms with Crippen molar-refractivity contribution in [3.63, 3.8) is 0 Å². The molecular formula is C26H52N2. The Hall–Kier alpha value is -0.760. The fourth-order valence-corrected chi connectivity index (χ4v) is 4.51. The second-order valence-corrected chi connectivity index (χ2v) is 8.86. The third-order valence-electron chi connectivity index (χ3n) is 6.74. The van der Waals surface area contributed by atoms with Crippen LogP contribution in [0.3, 0.4) is 0 Å². The van der Waals surface area contributed by atoms with Gasteiger partial charge in [0.25, 0.3) is 0 Å². The molecule has 0 heterocycles. The lowest BCUT2D eigenvalue weighted by atomic mass is 9.65. The van der Waals surface area contributed by atoms with Gasteiger partial charge in [-0.25, -0.2) is 0 Å². The van der Waals surface area contributed by atoms with E-state index in [0.717, 1.165) is 24.7 Å². The van der Waals surface area contributed by atoms with Gasteiger partial charge in [0.15, 0.2) is 0 Å². The van der Waals surface area contributed by atoms with E-state index in [4.69, 9.17) is 0 Å². The first-order chi connectivity index (χ1) is 13.6. The Morgan fingerprint density at radius 2 is 1.39 bits per heavy atom. The van der Waals surface area contributed by atoms with Crippen LogP contribution in [0.1, 0.15) is 111 Å². The first-order valence-electron chi connectivity index (χ1n) is 12.3. The fraction of sp³-hybridized carbons (Fsp3) is 0.846. The van der Waals surface area contributed by atoms with E-state index in [0.29, 0.717) is 5.41 Å². The molecule has 28 heavy (non-hydrogen) atoms. The molecule has 0 aliphatic carbocycles. The summed E-state index contributed by atoms with van der Waals surface area (Å²) in [5.74, 6) is 0.845. The molecule has 0 fully saturated rings. The zero-order valence-corrected chi connectivity index (χ0v) is 19.9. The van der Waals surface area contributed by atoms with E-state index in [1.54, 1.807) is 6.08 Å². The average Bonchev–Trinajstić information content (AvgIpc) is 2.71. The van der Waals surface area contributed by atoms with Crippen LogP contribution in [-0.2, 0) is 0 Å². The molecule has 0 aromatic rings. The predicted octanol–water partition coefficient (Wildman–Crippen LogP) is 7.62. The van der Waals surface area contributed by atoms with Crippen molar-refractivity contribution in [2.24, 2.45) is 11.3 Å². The molecular weight excluding hydrogens is 340 g/mol. The minimum absolute atomic E-state index is 0.570. The number of hydrogen-bond donors (Lipinski definition) is 2. The van der Waals surface area contributed by atoms with Crippen molar-refractivity contribution in [3.05, 3.63) is 24.9 Å². The van der Waals surface area contributed by atoms with Crippen LogP contribution in [0, 0.1) is 11.3 Å². The normalized spacial score (nSPS) is 14.4. The smallest absolute Gasteiger partial charge is 0.0261 e. The van der Waals surface area contributed by atoms with E-state index in [1.165, 1.54) is 89.9 Å². The van der Waals surface area contributed by atoms with Crippen molar-refractivity contribution < 1.29 is 0 Å². The van der Waals surface area contributed by atoms with E-state index in [-0.39, 0.29) is 0 Å². The number of hydrogen-bond acceptors (Lipinski definition) is 2. The van der Waals surface area contributed by atoms with Gasteiger partial charge in [0.05, 0.1) is 0 Å². The standard InChI is InChI=1S/C26H52N2/c1-7-10-11-14-19-26(24(4)8-2,20-15-12-17-22-27-6)21-16-13-18-23-28-25(5)9-3/h9,24,27-28H,3,5,7-8,10-23H2,1-2,4,6H3. The quantitative estimate of drug-likeness (QED) is 0.155. The van der Waals surface area contributed by atoms with Gasteiger partial charge in [0.1, 0.15) is 0 Å². The van der Waals surface area contributed by atoms with Gasteiger partial charge in [0, 0.05) is 12.2 Å². The van der Waals surface area contributed by atoms with Gasteiger partial charge in [0.2, 0.25) is 0 Å². The molecule has 2 nitrogen and oxygen atoms in total. The van der Waals surface area contributed by atoms with Crippen molar-refractivity contribution in [2.75, 3.05) is 20.1 Å². The van der Waals surface area contributed by atoms with E-state index in [1.807, 2.05) is 0 Å². The zero-order valence-electron chi connectivity index (χ0n) is 19.9. The van der Waals surface area contributed by atoms with Gasteiger partial charge in [-0.05, 0) is 63.1 Å². The number of rotatable bonds is 21. The molecule has 166 valence electrons. The van der Waals surface area contributed by atoms with Gasteiger partial charge < -0.3 is 10.6 Å². The lowest BCUT2D eigenvalue weighted by Crippen LogP contribution is -2.29. The summed E-state index contributed by atoms with van der Waals surface area (Å²) in [4.78, 5) is 0. The minimum Gasteiger partial charge on any atom is -0.386 e. The molecule has 0 radical (unpaired) electrons. The predicted molar refractivity (Wildman–Crippen MR) is 129 cm³/mol. The van der Waals surface area contributed by atoms with Gasteiger partial charge >= 0.3 is 0 Å². The van der Waals surface area contributed by atoms with Crippen molar-refractivity contribution in [3.8, 4) is 0 Å². The topological polar surface area (TPSA) is 24.1 Å². The number of nitrogens with one attached hydrogen (secondary N) is 2. The molecule has 0 rings (SSSR count). The summed E-state index contributed by atoms with van der Waals surface area (Å²) in [7, 11) is 2.07. The summed E-state index contributed by atoms with van der Waals surface area (Å²) >= 11 is 0. The number of allylic oxidation sites excluding steroid dienone is 1. The third-order valence-corrected chi connectivity index (χ3v) is 6.74. The molecule has 0 saturated carbocycles. The summed E-state index contributed by atoms with van der Waals surface area (Å²) in [5.41, 5.74) is 1.52. The highest BCUT2D eigenvalue weighted by molar-refractivity contribution is 5.07. The maximum atomic E-state index is 3.93. The zero-order chi connectivity index (χ0) is 21.1. The molecule has 0 amide bonds. The maximum absolute atomic E-state index is 3.93. The highest BCUT2D eigenvalue weighted by atomic mass is 14.9. The highest BCUT2D eigenvalue weighted by Crippen LogP contribution is 2.45. The molecule has 2 unspecified atom stereocenters. The third kappa shape index (κ3) is 12.6. The average molecular weight is 393 g/mol. The van der Waals surface area contributed by atoms with E-state index >= 15 is 0 Å². The van der Waals surface area contributed by atoms with E-state index in [2.05, 4.69) is 51.6 Å². The second-order valence-electron chi connectivity index (χ2n) is 8.86. The Morgan fingerprint density at radius 1 is 0.857 bits per heavy atom. The van der Waals surface area contributed by atoms with Crippen molar-refractivity contribution in [1.29, 1.82) is 0 Å². The van der Waals surface area contributed by atoms with Crippen LogP contribution in [0.2, 0.25) is 0 Å². The SMILES string of the molecule is C=CC(=C)NCCCCCC(CCCCCC)(CCCCCNC)C(C)CC. The highest BCUT2D eigenvalue weighted by Gasteiger charge is 2.33. The van der Waals surface area contributed by atoms with Crippen molar-refractivity contribution in [1.82, 2.24) is 10.6 Å². The molecule has 0 aliphatic heterocycles. The van der Waals surface area contributed by atoms with Crippen LogP contribution < -0.4 is 10.6 Å². The maximum Gasteiger partial charge on any atom is 0.0261 e. The lowest BCUT2D eigenvalue weighted by molar-refractivity contribution is 0.108. The van der Waals surface area contributed by atoms with Gasteiger partial charge in [-0.1, -0.05) is 91.7 Å². The molecule has 0 bridgehead atoms. The summed E-state index contributed by atoms with van der Waals surface area (Å²) in [6.07, 6.45) is 21.0. The van der Waals surface area contributed by atoms with Crippen LogP contribution in [0.25, 0.3) is 0 Å². The fourth-order valence-electron chi connectivity index (χ4n) is 4.51. The Morgan fingerprint density at radius 3 is 1.86 bits per heavy atom. The van der Waals surface area contributed by atoms with Gasteiger partial charge in [-0.2, -0.15) is 0 Å². The van der Waals surface area contributed by atoms with Crippen LogP contribution >= 0.6 is 0 Å². The van der Waals surface area contributed by atoms with Crippen LogP contribution in [0.4, 0.5) is 0 Å². The van der Waals surface area contributed by atoms with Crippen LogP contribution in [-0.4, -0.2) is 20.1 Å². The Kier molecular flexibility index (Phi) is 17.8. The largest absolute Gasteiger partial charge is 0.386 e. The Labute approximate surface area is 178 Å². The van der Waals surface area contributed by atoms with Crippen LogP contribution in [0.15, 0.2) is 24.9 Å². The van der Waals surface area contributed by atoms with E-state index in [9.17, 15) is 0 Å². The minimum atomic E-state index is 0.570. The van der Waals surface area contributed by atoms with Gasteiger partial charge in [-0.15, -0.1) is 0 Å². The summed E-state index contributed by atoms with van der Waals surface area (Å²) in [5, 5.41) is 6.64. The van der Waals surface area contributed by atoms with Crippen molar-refractivity contribution >= 4 is 0 Å². The molecule has 0 aromatic heterocycles. The molecule has 0 aromatic carbocycles. The molecule has 0 spiro atoms. The summed E-state index contributed by atoms with van der Waals surface area (Å²) in [6.45, 7) is 17.1. The van der Waals surface area contributed by atoms with Crippen LogP contribution in [0.5, 0.6) is 0 Å². The summed E-state index contributed by atoms with van der Waals surface area (Å²) in [6, 6.07) is 0. The second kappa shape index (κ2) is 18.3. The van der Waals surface area contributed by atoms with E-state index < -0.39 is 0 Å². The Bertz CT molecular complexity index is 377. The first-order valence-corrected chi connectivity index (χ1v) is 12.3. The monoisotopic (exact) mass is 392 g/mol. The summed E-state index contributed by atoms with van der Waals surface area (Å²) < 4.78 is 0. The van der Waals surface area contributed by atoms with Crippen molar-refractivity contribution in [2.45, 2.75) is 111 Å². The molecule has 0 saturated heterocycles. The lowest BCUT2D eigenvalue weighted by Gasteiger charge is -2.40. The Balaban J connectivity index is 4.64. The molecule has 2 N–H and O–H groups in total. The molecule has 2 heteroatoms. The van der Waals surface area contributed by atoms with Gasteiger partial charge in [-0.3, -0.25) is 0 Å². The number of unbranched alkanes of at least 4 members (excludes halogenated alkanes) is 7. The molecule has 0 aliphatic rings. The first kappa shape index (κ1) is 27.2.